The van der Waals surface area contributed by atoms with E-state index in [1.807, 2.05) is 36.8 Å². The molecule has 7 aromatic heterocycles. The summed E-state index contributed by atoms with van der Waals surface area (Å²) in [6, 6.07) is 57.1. The van der Waals surface area contributed by atoms with Crippen molar-refractivity contribution in [3.8, 4) is 17.3 Å². The van der Waals surface area contributed by atoms with E-state index in [-0.39, 0.29) is 0 Å². The summed E-state index contributed by atoms with van der Waals surface area (Å²) in [5, 5.41) is 6.70. The van der Waals surface area contributed by atoms with Gasteiger partial charge >= 0.3 is 0 Å². The second-order valence-corrected chi connectivity index (χ2v) is 16.9. The van der Waals surface area contributed by atoms with E-state index in [1.165, 1.54) is 0 Å². The fraction of sp³-hybridized carbons (Fsp3) is 0. The summed E-state index contributed by atoms with van der Waals surface area (Å²) >= 11 is 0. The molecule has 3 aliphatic rings. The summed E-state index contributed by atoms with van der Waals surface area (Å²) in [7, 11) is 0. The van der Waals surface area contributed by atoms with Gasteiger partial charge in [0.05, 0.1) is 67.4 Å². The van der Waals surface area contributed by atoms with Gasteiger partial charge in [0.15, 0.2) is 11.6 Å². The molecule has 0 atom stereocenters. The fourth-order valence-corrected chi connectivity index (χ4v) is 11.1. The van der Waals surface area contributed by atoms with E-state index in [1.54, 1.807) is 0 Å². The first-order chi connectivity index (χ1) is 32.8. The maximum atomic E-state index is 5.61. The SMILES string of the molecule is c1ccc2c(c1)N(c1nc(N3c4cccnc4-n4c5ccccc5c5cccc3c54)nc(N3c4cccnc4-n4c5ccccc5c5cccc3c54)n1)c1cccc3c4cccnc4n-2c13. The van der Waals surface area contributed by atoms with Crippen molar-refractivity contribution in [1.82, 2.24) is 43.6 Å². The summed E-state index contributed by atoms with van der Waals surface area (Å²) in [5.74, 6) is 2.91. The number of pyridine rings is 3. The normalized spacial score (nSPS) is 13.4. The molecule has 0 amide bonds. The van der Waals surface area contributed by atoms with Crippen molar-refractivity contribution in [2.24, 2.45) is 0 Å². The van der Waals surface area contributed by atoms with E-state index in [0.29, 0.717) is 17.8 Å². The van der Waals surface area contributed by atoms with Crippen molar-refractivity contribution >= 4 is 118 Å². The molecule has 66 heavy (non-hydrogen) atoms. The van der Waals surface area contributed by atoms with Gasteiger partial charge in [-0.05, 0) is 78.9 Å². The van der Waals surface area contributed by atoms with Crippen LogP contribution in [-0.4, -0.2) is 43.6 Å². The Labute approximate surface area is 374 Å². The molecule has 0 saturated heterocycles. The average Bonchev–Trinajstić information content (AvgIpc) is 4.03. The smallest absolute Gasteiger partial charge is 0.241 e. The molecule has 12 nitrogen and oxygen atoms in total. The van der Waals surface area contributed by atoms with Crippen LogP contribution in [0.3, 0.4) is 0 Å². The van der Waals surface area contributed by atoms with E-state index < -0.39 is 0 Å². The van der Waals surface area contributed by atoms with E-state index >= 15 is 0 Å². The minimum absolute atomic E-state index is 0.439. The molecule has 0 saturated carbocycles. The Morgan fingerprint density at radius 3 is 1.21 bits per heavy atom. The van der Waals surface area contributed by atoms with Gasteiger partial charge in [0.25, 0.3) is 0 Å². The molecule has 3 aliphatic heterocycles. The fourth-order valence-electron chi connectivity index (χ4n) is 11.1. The quantitative estimate of drug-likeness (QED) is 0.172. The maximum absolute atomic E-state index is 5.61. The van der Waals surface area contributed by atoms with Crippen LogP contribution in [0.5, 0.6) is 0 Å². The number of hydrogen-bond acceptors (Lipinski definition) is 9. The molecule has 13 aromatic rings. The summed E-state index contributed by atoms with van der Waals surface area (Å²) < 4.78 is 6.82. The highest BCUT2D eigenvalue weighted by atomic mass is 15.4. The average molecular weight is 847 g/mol. The molecular formula is C54H30N12. The van der Waals surface area contributed by atoms with Gasteiger partial charge in [-0.15, -0.1) is 0 Å². The van der Waals surface area contributed by atoms with Crippen molar-refractivity contribution in [3.63, 3.8) is 0 Å². The molecule has 10 heterocycles. The predicted molar refractivity (Wildman–Crippen MR) is 261 cm³/mol. The third-order valence-corrected chi connectivity index (χ3v) is 13.6. The Morgan fingerprint density at radius 2 is 0.652 bits per heavy atom. The minimum atomic E-state index is 0.439. The Bertz CT molecular complexity index is 3850. The highest BCUT2D eigenvalue weighted by Gasteiger charge is 2.37. The topological polar surface area (TPSA) is 102 Å². The molecule has 0 unspecified atom stereocenters. The van der Waals surface area contributed by atoms with Gasteiger partial charge in [0, 0.05) is 50.9 Å². The zero-order valence-corrected chi connectivity index (χ0v) is 34.7. The third-order valence-electron chi connectivity index (χ3n) is 13.6. The van der Waals surface area contributed by atoms with Crippen LogP contribution < -0.4 is 14.7 Å². The van der Waals surface area contributed by atoms with Gasteiger partial charge in [-0.3, -0.25) is 28.4 Å². The van der Waals surface area contributed by atoms with E-state index in [0.717, 1.165) is 117 Å². The van der Waals surface area contributed by atoms with Gasteiger partial charge in [-0.1, -0.05) is 84.9 Å². The molecule has 0 bridgehead atoms. The number of rotatable bonds is 3. The number of para-hydroxylation sites is 7. The van der Waals surface area contributed by atoms with Crippen molar-refractivity contribution in [3.05, 3.63) is 182 Å². The summed E-state index contributed by atoms with van der Waals surface area (Å²) in [6.07, 6.45) is 5.57. The molecule has 306 valence electrons. The van der Waals surface area contributed by atoms with Gasteiger partial charge in [-0.25, -0.2) is 15.0 Å². The Morgan fingerprint density at radius 1 is 0.273 bits per heavy atom. The molecule has 0 fully saturated rings. The number of aromatic nitrogens is 9. The molecule has 0 aliphatic carbocycles. The van der Waals surface area contributed by atoms with E-state index in [2.05, 4.69) is 174 Å². The van der Waals surface area contributed by atoms with Crippen molar-refractivity contribution in [2.45, 2.75) is 0 Å². The van der Waals surface area contributed by atoms with E-state index in [4.69, 9.17) is 29.9 Å². The van der Waals surface area contributed by atoms with Crippen LogP contribution >= 0.6 is 0 Å². The number of nitrogens with zero attached hydrogens (tertiary/aromatic N) is 12. The lowest BCUT2D eigenvalue weighted by Gasteiger charge is -2.35. The largest absolute Gasteiger partial charge is 0.290 e. The summed E-state index contributed by atoms with van der Waals surface area (Å²) in [4.78, 5) is 38.4. The lowest BCUT2D eigenvalue weighted by Crippen LogP contribution is -2.27. The molecular weight excluding hydrogens is 817 g/mol. The lowest BCUT2D eigenvalue weighted by atomic mass is 10.1. The zero-order valence-electron chi connectivity index (χ0n) is 34.7. The first-order valence-electron chi connectivity index (χ1n) is 21.9. The van der Waals surface area contributed by atoms with Crippen LogP contribution in [0.2, 0.25) is 0 Å². The second kappa shape index (κ2) is 12.2. The number of fused-ring (bicyclic) bond motifs is 15. The van der Waals surface area contributed by atoms with Gasteiger partial charge < -0.3 is 0 Å². The van der Waals surface area contributed by atoms with Crippen LogP contribution in [-0.2, 0) is 0 Å². The molecule has 6 aromatic carbocycles. The Hall–Kier alpha value is -9.42. The van der Waals surface area contributed by atoms with Crippen LogP contribution in [0.4, 0.5) is 52.0 Å². The van der Waals surface area contributed by atoms with Crippen LogP contribution in [0.15, 0.2) is 182 Å². The second-order valence-electron chi connectivity index (χ2n) is 16.9. The summed E-state index contributed by atoms with van der Waals surface area (Å²) in [5.41, 5.74) is 12.5. The first-order valence-corrected chi connectivity index (χ1v) is 21.9. The van der Waals surface area contributed by atoms with Crippen LogP contribution in [0, 0.1) is 0 Å². The molecule has 0 spiro atoms. The van der Waals surface area contributed by atoms with Gasteiger partial charge in [-0.2, -0.15) is 15.0 Å². The van der Waals surface area contributed by atoms with E-state index in [9.17, 15) is 0 Å². The minimum Gasteiger partial charge on any atom is -0.290 e. The number of hydrogen-bond donors (Lipinski definition) is 0. The van der Waals surface area contributed by atoms with Crippen molar-refractivity contribution in [1.29, 1.82) is 0 Å². The monoisotopic (exact) mass is 846 g/mol. The molecule has 0 N–H and O–H groups in total. The third kappa shape index (κ3) is 4.14. The molecule has 16 rings (SSSR count). The standard InChI is InChI=1S/C54H30N12/c1-3-19-37-31(13-1)33-15-7-24-42-46(33)64(37)50-44(26-11-29-56-50)62(42)53-58-52(61-39-21-5-6-22-40(39)66-48-35(17-9-23-41(48)61)36-18-10-28-55-49(36)66)59-54(60-53)63-43-25-8-16-34-32-14-2-4-20-38(32)65(47(34)43)51-45(63)27-12-30-57-51/h1-30H. The predicted octanol–water partition coefficient (Wildman–Crippen LogP) is 12.7. The molecule has 12 heteroatoms. The number of benzene rings is 6. The number of anilines is 9. The van der Waals surface area contributed by atoms with Crippen molar-refractivity contribution < 1.29 is 0 Å². The maximum Gasteiger partial charge on any atom is 0.241 e. The van der Waals surface area contributed by atoms with Gasteiger partial charge in [0.2, 0.25) is 17.8 Å². The highest BCUT2D eigenvalue weighted by Crippen LogP contribution is 2.53. The highest BCUT2D eigenvalue weighted by molar-refractivity contribution is 6.18. The van der Waals surface area contributed by atoms with Crippen molar-refractivity contribution in [2.75, 3.05) is 14.7 Å². The lowest BCUT2D eigenvalue weighted by molar-refractivity contribution is 0.932. The van der Waals surface area contributed by atoms with Crippen LogP contribution in [0.25, 0.3) is 82.9 Å². The Balaban J connectivity index is 1.04. The summed E-state index contributed by atoms with van der Waals surface area (Å²) in [6.45, 7) is 0. The van der Waals surface area contributed by atoms with Crippen LogP contribution in [0.1, 0.15) is 0 Å². The Kier molecular flexibility index (Phi) is 6.30. The first kappa shape index (κ1) is 34.1. The van der Waals surface area contributed by atoms with Gasteiger partial charge in [0.1, 0.15) is 5.65 Å². The zero-order chi connectivity index (χ0) is 42.8. The molecule has 0 radical (unpaired) electrons.